The Morgan fingerprint density at radius 2 is 1.94 bits per heavy atom. The molecule has 0 spiro atoms. The third-order valence-electron chi connectivity index (χ3n) is 5.24. The number of rotatable bonds is 10. The number of sulfonamides is 1. The zero-order valence-corrected chi connectivity index (χ0v) is 20.9. The smallest absolute Gasteiger partial charge is 0.261 e. The van der Waals surface area contributed by atoms with Crippen molar-refractivity contribution in [3.63, 3.8) is 0 Å². The first-order valence-corrected chi connectivity index (χ1v) is 12.9. The molecule has 0 aliphatic carbocycles. The fraction of sp³-hybridized carbons (Fsp3) is 0.208. The maximum Gasteiger partial charge on any atom is 0.261 e. The van der Waals surface area contributed by atoms with Gasteiger partial charge in [-0.2, -0.15) is 5.10 Å². The van der Waals surface area contributed by atoms with Gasteiger partial charge in [-0.25, -0.2) is 8.42 Å². The quantitative estimate of drug-likeness (QED) is 0.223. The van der Waals surface area contributed by atoms with Crippen LogP contribution >= 0.6 is 15.9 Å². The fourth-order valence-electron chi connectivity index (χ4n) is 3.48. The molecular weight excluding hydrogens is 520 g/mol. The first-order chi connectivity index (χ1) is 16.3. The van der Waals surface area contributed by atoms with E-state index in [-0.39, 0.29) is 4.90 Å². The first-order valence-electron chi connectivity index (χ1n) is 10.7. The van der Waals surface area contributed by atoms with Crippen molar-refractivity contribution < 1.29 is 18.3 Å². The monoisotopic (exact) mass is 544 g/mol. The molecule has 0 saturated carbocycles. The Bertz CT molecular complexity index is 1390. The lowest BCUT2D eigenvalue weighted by molar-refractivity contribution is 0.172. The Kier molecular flexibility index (Phi) is 7.52. The van der Waals surface area contributed by atoms with Crippen LogP contribution in [0.25, 0.3) is 10.9 Å². The molecule has 0 aliphatic heterocycles. The molecule has 10 heteroatoms. The largest absolute Gasteiger partial charge is 0.492 e. The van der Waals surface area contributed by atoms with Gasteiger partial charge in [0.15, 0.2) is 0 Å². The number of benzene rings is 3. The van der Waals surface area contributed by atoms with E-state index in [4.69, 9.17) is 4.74 Å². The maximum absolute atomic E-state index is 12.6. The molecule has 1 aromatic heterocycles. The van der Waals surface area contributed by atoms with E-state index in [9.17, 15) is 13.5 Å². The number of aromatic nitrogens is 2. The molecule has 0 fully saturated rings. The van der Waals surface area contributed by atoms with Gasteiger partial charge in [0.05, 0.1) is 22.2 Å². The van der Waals surface area contributed by atoms with Crippen LogP contribution in [0, 0.1) is 6.92 Å². The number of hydrogen-bond donors (Lipinski definition) is 4. The van der Waals surface area contributed by atoms with E-state index < -0.39 is 16.1 Å². The highest BCUT2D eigenvalue weighted by molar-refractivity contribution is 9.10. The van der Waals surface area contributed by atoms with Crippen molar-refractivity contribution in [1.29, 1.82) is 0 Å². The van der Waals surface area contributed by atoms with Crippen LogP contribution in [0.2, 0.25) is 0 Å². The molecule has 8 nitrogen and oxygen atoms in total. The van der Waals surface area contributed by atoms with Crippen LogP contribution in [0.15, 0.2) is 76.1 Å². The highest BCUT2D eigenvalue weighted by Gasteiger charge is 2.15. The normalized spacial score (nSPS) is 12.6. The van der Waals surface area contributed by atoms with E-state index in [1.165, 1.54) is 12.1 Å². The third kappa shape index (κ3) is 5.95. The summed E-state index contributed by atoms with van der Waals surface area (Å²) in [7, 11) is -3.74. The van der Waals surface area contributed by atoms with E-state index in [1.54, 1.807) is 36.4 Å². The van der Waals surface area contributed by atoms with Crippen molar-refractivity contribution in [1.82, 2.24) is 15.5 Å². The minimum atomic E-state index is -3.74. The molecule has 0 saturated heterocycles. The van der Waals surface area contributed by atoms with Crippen LogP contribution in [-0.4, -0.2) is 43.4 Å². The summed E-state index contributed by atoms with van der Waals surface area (Å²) in [5, 5.41) is 21.9. The summed E-state index contributed by atoms with van der Waals surface area (Å²) in [6, 6.07) is 19.0. The molecule has 3 aromatic carbocycles. The molecule has 0 aliphatic rings. The van der Waals surface area contributed by atoms with Crippen molar-refractivity contribution >= 4 is 42.5 Å². The summed E-state index contributed by atoms with van der Waals surface area (Å²) in [5.41, 5.74) is 2.85. The van der Waals surface area contributed by atoms with Gasteiger partial charge < -0.3 is 15.2 Å². The molecule has 0 radical (unpaired) electrons. The molecule has 1 atom stereocenters. The van der Waals surface area contributed by atoms with Crippen LogP contribution in [0.1, 0.15) is 17.4 Å². The highest BCUT2D eigenvalue weighted by Crippen LogP contribution is 2.23. The van der Waals surface area contributed by atoms with Crippen molar-refractivity contribution in [2.45, 2.75) is 17.9 Å². The summed E-state index contributed by atoms with van der Waals surface area (Å²) < 4.78 is 34.3. The van der Waals surface area contributed by atoms with Crippen LogP contribution in [0.3, 0.4) is 0 Å². The number of aliphatic hydroxyl groups is 1. The number of nitrogens with one attached hydrogen (secondary N) is 3. The molecule has 4 aromatic rings. The first kappa shape index (κ1) is 24.2. The van der Waals surface area contributed by atoms with Crippen LogP contribution in [-0.2, 0) is 10.0 Å². The van der Waals surface area contributed by atoms with Gasteiger partial charge in [0.1, 0.15) is 12.4 Å². The van der Waals surface area contributed by atoms with Gasteiger partial charge in [0, 0.05) is 34.7 Å². The summed E-state index contributed by atoms with van der Waals surface area (Å²) in [5.74, 6) is 0.740. The van der Waals surface area contributed by atoms with E-state index in [0.717, 1.165) is 22.3 Å². The van der Waals surface area contributed by atoms with Crippen LogP contribution < -0.4 is 14.8 Å². The zero-order valence-electron chi connectivity index (χ0n) is 18.5. The van der Waals surface area contributed by atoms with E-state index in [2.05, 4.69) is 36.2 Å². The number of H-pyrrole nitrogens is 1. The Labute approximate surface area is 206 Å². The molecule has 34 heavy (non-hydrogen) atoms. The number of aromatic amines is 1. The molecule has 4 N–H and O–H groups in total. The average molecular weight is 545 g/mol. The third-order valence-corrected chi connectivity index (χ3v) is 7.11. The number of aliphatic hydroxyl groups excluding tert-OH is 1. The SMILES string of the molecule is Cc1n[nH]c2cc(OCCNCC(O)c3cccc(NS(=O)(=O)c4cccc(Br)c4)c3)ccc12. The molecule has 178 valence electrons. The van der Waals surface area contributed by atoms with Crippen molar-refractivity contribution in [2.75, 3.05) is 24.4 Å². The van der Waals surface area contributed by atoms with E-state index >= 15 is 0 Å². The Morgan fingerprint density at radius 1 is 1.12 bits per heavy atom. The maximum atomic E-state index is 12.6. The zero-order chi connectivity index (χ0) is 24.1. The summed E-state index contributed by atoms with van der Waals surface area (Å²) in [6.07, 6.45) is -0.806. The Morgan fingerprint density at radius 3 is 2.76 bits per heavy atom. The number of hydrogen-bond acceptors (Lipinski definition) is 6. The average Bonchev–Trinajstić information content (AvgIpc) is 3.18. The van der Waals surface area contributed by atoms with Gasteiger partial charge in [-0.15, -0.1) is 0 Å². The molecule has 4 rings (SSSR count). The van der Waals surface area contributed by atoms with Crippen molar-refractivity contribution in [3.05, 3.63) is 82.5 Å². The predicted octanol–water partition coefficient (Wildman–Crippen LogP) is 4.14. The topological polar surface area (TPSA) is 116 Å². The molecule has 0 bridgehead atoms. The van der Waals surface area contributed by atoms with E-state index in [0.29, 0.717) is 35.4 Å². The number of ether oxygens (including phenoxy) is 1. The Hall–Kier alpha value is -2.92. The lowest BCUT2D eigenvalue weighted by atomic mass is 10.1. The summed E-state index contributed by atoms with van der Waals surface area (Å²) in [6.45, 7) is 3.20. The number of nitrogens with zero attached hydrogens (tertiary/aromatic N) is 1. The molecule has 1 heterocycles. The van der Waals surface area contributed by atoms with Crippen LogP contribution in [0.4, 0.5) is 5.69 Å². The minimum absolute atomic E-state index is 0.149. The molecular formula is C24H25BrN4O4S. The second-order valence-corrected chi connectivity index (χ2v) is 10.4. The number of fused-ring (bicyclic) bond motifs is 1. The van der Waals surface area contributed by atoms with Crippen molar-refractivity contribution in [2.24, 2.45) is 0 Å². The van der Waals surface area contributed by atoms with Gasteiger partial charge in [-0.1, -0.05) is 34.1 Å². The lowest BCUT2D eigenvalue weighted by Gasteiger charge is -2.15. The second-order valence-electron chi connectivity index (χ2n) is 7.77. The molecule has 0 amide bonds. The van der Waals surface area contributed by atoms with Gasteiger partial charge in [0.25, 0.3) is 10.0 Å². The fourth-order valence-corrected chi connectivity index (χ4v) is 5.13. The molecule has 1 unspecified atom stereocenters. The standard InChI is InChI=1S/C24H25BrN4O4S/c1-16-22-9-8-20(14-23(22)28-27-16)33-11-10-26-15-24(30)17-4-2-6-19(12-17)29-34(31,32)21-7-3-5-18(25)13-21/h2-9,12-14,24,26,29-30H,10-11,15H2,1H3,(H,27,28). The van der Waals surface area contributed by atoms with Crippen LogP contribution in [0.5, 0.6) is 5.75 Å². The summed E-state index contributed by atoms with van der Waals surface area (Å²) in [4.78, 5) is 0.149. The van der Waals surface area contributed by atoms with Gasteiger partial charge in [-0.3, -0.25) is 9.82 Å². The van der Waals surface area contributed by atoms with E-state index in [1.807, 2.05) is 25.1 Å². The highest BCUT2D eigenvalue weighted by atomic mass is 79.9. The number of aryl methyl sites for hydroxylation is 1. The summed E-state index contributed by atoms with van der Waals surface area (Å²) >= 11 is 3.28. The Balaban J connectivity index is 1.27. The van der Waals surface area contributed by atoms with Gasteiger partial charge >= 0.3 is 0 Å². The second kappa shape index (κ2) is 10.6. The number of anilines is 1. The number of halogens is 1. The van der Waals surface area contributed by atoms with Gasteiger partial charge in [-0.05, 0) is 55.0 Å². The predicted molar refractivity (Wildman–Crippen MR) is 136 cm³/mol. The lowest BCUT2D eigenvalue weighted by Crippen LogP contribution is -2.26. The minimum Gasteiger partial charge on any atom is -0.492 e. The van der Waals surface area contributed by atoms with Gasteiger partial charge in [0.2, 0.25) is 0 Å². The van der Waals surface area contributed by atoms with Crippen molar-refractivity contribution in [3.8, 4) is 5.75 Å².